The second kappa shape index (κ2) is 2.19. The van der Waals surface area contributed by atoms with Gasteiger partial charge in [0.1, 0.15) is 0 Å². The van der Waals surface area contributed by atoms with Crippen LogP contribution in [0.3, 0.4) is 0 Å². The van der Waals surface area contributed by atoms with E-state index in [2.05, 4.69) is 17.1 Å². The van der Waals surface area contributed by atoms with Gasteiger partial charge in [0.05, 0.1) is 0 Å². The summed E-state index contributed by atoms with van der Waals surface area (Å²) in [6.07, 6.45) is 6.66. The van der Waals surface area contributed by atoms with Crippen LogP contribution in [0.1, 0.15) is 19.8 Å². The molecule has 0 aromatic heterocycles. The zero-order valence-corrected chi connectivity index (χ0v) is 6.20. The van der Waals surface area contributed by atoms with Crippen LogP contribution in [0.4, 0.5) is 0 Å². The molecule has 10 heavy (non-hydrogen) atoms. The van der Waals surface area contributed by atoms with Crippen LogP contribution in [-0.2, 0) is 0 Å². The van der Waals surface area contributed by atoms with E-state index in [1.165, 1.54) is 12.8 Å². The van der Waals surface area contributed by atoms with Crippen LogP contribution in [0.5, 0.6) is 0 Å². The smallest absolute Gasteiger partial charge is 0.0365 e. The second-order valence-corrected chi connectivity index (χ2v) is 3.17. The summed E-state index contributed by atoms with van der Waals surface area (Å²) in [5, 5.41) is 7.68. The minimum atomic E-state index is 0.574. The monoisotopic (exact) mass is 136 g/mol. The van der Waals surface area contributed by atoms with E-state index in [1.807, 2.05) is 12.4 Å². The standard InChI is InChI=1S/C8H12N2/c1-2-6-3-8(6)7-4-9-10-5-7/h4-8H,2-3H2,1H3/t6-,8-/m0/s1. The molecule has 2 nitrogen and oxygen atoms in total. The molecule has 0 unspecified atom stereocenters. The Balaban J connectivity index is 1.91. The van der Waals surface area contributed by atoms with Gasteiger partial charge in [0, 0.05) is 18.3 Å². The van der Waals surface area contributed by atoms with E-state index in [4.69, 9.17) is 0 Å². The molecule has 0 aromatic rings. The molecule has 2 aliphatic rings. The van der Waals surface area contributed by atoms with Crippen molar-refractivity contribution in [1.82, 2.24) is 0 Å². The minimum Gasteiger partial charge on any atom is -0.163 e. The van der Waals surface area contributed by atoms with Crippen molar-refractivity contribution in [3.05, 3.63) is 0 Å². The van der Waals surface area contributed by atoms with Gasteiger partial charge in [0.25, 0.3) is 0 Å². The van der Waals surface area contributed by atoms with Crippen LogP contribution in [0.25, 0.3) is 0 Å². The van der Waals surface area contributed by atoms with Crippen molar-refractivity contribution >= 4 is 12.4 Å². The van der Waals surface area contributed by atoms with E-state index >= 15 is 0 Å². The normalized spacial score (nSPS) is 37.3. The number of hydrogen-bond donors (Lipinski definition) is 0. The van der Waals surface area contributed by atoms with Crippen molar-refractivity contribution in [3.8, 4) is 0 Å². The third kappa shape index (κ3) is 0.877. The fraction of sp³-hybridized carbons (Fsp3) is 0.750. The Morgan fingerprint density at radius 3 is 2.60 bits per heavy atom. The minimum absolute atomic E-state index is 0.574. The Labute approximate surface area is 61.0 Å². The van der Waals surface area contributed by atoms with Gasteiger partial charge in [-0.25, -0.2) is 0 Å². The number of nitrogens with zero attached hydrogens (tertiary/aromatic N) is 2. The van der Waals surface area contributed by atoms with Gasteiger partial charge < -0.3 is 0 Å². The summed E-state index contributed by atoms with van der Waals surface area (Å²) >= 11 is 0. The van der Waals surface area contributed by atoms with Gasteiger partial charge in [0.2, 0.25) is 0 Å². The zero-order chi connectivity index (χ0) is 6.97. The second-order valence-electron chi connectivity index (χ2n) is 3.17. The molecule has 54 valence electrons. The predicted octanol–water partition coefficient (Wildman–Crippen LogP) is 1.72. The fourth-order valence-electron chi connectivity index (χ4n) is 1.70. The summed E-state index contributed by atoms with van der Waals surface area (Å²) in [5.41, 5.74) is 0. The van der Waals surface area contributed by atoms with Crippen LogP contribution >= 0.6 is 0 Å². The molecule has 0 N–H and O–H groups in total. The third-order valence-corrected chi connectivity index (χ3v) is 2.54. The molecule has 2 rings (SSSR count). The SMILES string of the molecule is CC[C@H]1C[C@@H]1C1C=NN=C1. The first-order chi connectivity index (χ1) is 4.92. The van der Waals surface area contributed by atoms with Crippen molar-refractivity contribution in [2.24, 2.45) is 28.0 Å². The maximum atomic E-state index is 3.84. The van der Waals surface area contributed by atoms with Crippen molar-refractivity contribution in [3.63, 3.8) is 0 Å². The molecule has 0 bridgehead atoms. The average molecular weight is 136 g/mol. The van der Waals surface area contributed by atoms with Crippen molar-refractivity contribution < 1.29 is 0 Å². The molecule has 2 heteroatoms. The topological polar surface area (TPSA) is 24.7 Å². The molecule has 1 saturated carbocycles. The van der Waals surface area contributed by atoms with Gasteiger partial charge >= 0.3 is 0 Å². The fourth-order valence-corrected chi connectivity index (χ4v) is 1.70. The largest absolute Gasteiger partial charge is 0.163 e. The maximum Gasteiger partial charge on any atom is 0.0365 e. The molecule has 0 spiro atoms. The van der Waals surface area contributed by atoms with Gasteiger partial charge in [-0.2, -0.15) is 10.2 Å². The zero-order valence-electron chi connectivity index (χ0n) is 6.20. The highest BCUT2D eigenvalue weighted by Gasteiger charge is 2.40. The summed E-state index contributed by atoms with van der Waals surface area (Å²) in [5.74, 6) is 2.41. The summed E-state index contributed by atoms with van der Waals surface area (Å²) < 4.78 is 0. The first-order valence-electron chi connectivity index (χ1n) is 3.98. The number of hydrogen-bond acceptors (Lipinski definition) is 2. The Bertz CT molecular complexity index is 172. The third-order valence-electron chi connectivity index (χ3n) is 2.54. The van der Waals surface area contributed by atoms with E-state index in [-0.39, 0.29) is 0 Å². The Morgan fingerprint density at radius 2 is 2.10 bits per heavy atom. The molecule has 0 saturated heterocycles. The van der Waals surface area contributed by atoms with E-state index in [0.717, 1.165) is 11.8 Å². The molecule has 0 amide bonds. The summed E-state index contributed by atoms with van der Waals surface area (Å²) in [6.45, 7) is 2.26. The van der Waals surface area contributed by atoms with Crippen LogP contribution in [0.15, 0.2) is 10.2 Å². The van der Waals surface area contributed by atoms with E-state index in [9.17, 15) is 0 Å². The van der Waals surface area contributed by atoms with Crippen LogP contribution < -0.4 is 0 Å². The number of rotatable bonds is 2. The molecule has 0 radical (unpaired) electrons. The lowest BCUT2D eigenvalue weighted by atomic mass is 10.1. The lowest BCUT2D eigenvalue weighted by molar-refractivity contribution is 0.662. The highest BCUT2D eigenvalue weighted by molar-refractivity contribution is 5.87. The lowest BCUT2D eigenvalue weighted by Gasteiger charge is -1.97. The average Bonchev–Trinajstić information content (AvgIpc) is 2.56. The molecular weight excluding hydrogens is 124 g/mol. The van der Waals surface area contributed by atoms with Gasteiger partial charge in [-0.3, -0.25) is 0 Å². The molecule has 1 aliphatic carbocycles. The van der Waals surface area contributed by atoms with E-state index in [1.54, 1.807) is 0 Å². The summed E-state index contributed by atoms with van der Waals surface area (Å²) in [4.78, 5) is 0. The van der Waals surface area contributed by atoms with Crippen LogP contribution in [0.2, 0.25) is 0 Å². The van der Waals surface area contributed by atoms with Crippen molar-refractivity contribution in [2.75, 3.05) is 0 Å². The molecule has 1 heterocycles. The quantitative estimate of drug-likeness (QED) is 0.552. The van der Waals surface area contributed by atoms with Crippen LogP contribution in [0, 0.1) is 17.8 Å². The Kier molecular flexibility index (Phi) is 1.33. The van der Waals surface area contributed by atoms with Crippen molar-refractivity contribution in [2.45, 2.75) is 19.8 Å². The molecule has 2 atom stereocenters. The highest BCUT2D eigenvalue weighted by atomic mass is 15.2. The van der Waals surface area contributed by atoms with Crippen molar-refractivity contribution in [1.29, 1.82) is 0 Å². The van der Waals surface area contributed by atoms with Crippen LogP contribution in [-0.4, -0.2) is 12.4 Å². The lowest BCUT2D eigenvalue weighted by Crippen LogP contribution is -2.03. The summed E-state index contributed by atoms with van der Waals surface area (Å²) in [7, 11) is 0. The van der Waals surface area contributed by atoms with Gasteiger partial charge in [0.15, 0.2) is 0 Å². The van der Waals surface area contributed by atoms with Gasteiger partial charge in [-0.1, -0.05) is 13.3 Å². The first kappa shape index (κ1) is 6.08. The summed E-state index contributed by atoms with van der Waals surface area (Å²) in [6, 6.07) is 0. The first-order valence-corrected chi connectivity index (χ1v) is 3.98. The van der Waals surface area contributed by atoms with Gasteiger partial charge in [-0.05, 0) is 18.3 Å². The predicted molar refractivity (Wildman–Crippen MR) is 42.4 cm³/mol. The van der Waals surface area contributed by atoms with Gasteiger partial charge in [-0.15, -0.1) is 0 Å². The molecule has 1 fully saturated rings. The Hall–Kier alpha value is -0.660. The highest BCUT2D eigenvalue weighted by Crippen LogP contribution is 2.45. The molecule has 1 aliphatic heterocycles. The van der Waals surface area contributed by atoms with E-state index < -0.39 is 0 Å². The maximum absolute atomic E-state index is 3.84. The Morgan fingerprint density at radius 1 is 1.40 bits per heavy atom. The van der Waals surface area contributed by atoms with E-state index in [0.29, 0.717) is 5.92 Å². The molecular formula is C8H12N2. The molecule has 0 aromatic carbocycles.